The number of halogens is 1. The van der Waals surface area contributed by atoms with Gasteiger partial charge in [0, 0.05) is 3.57 Å². The Hall–Kier alpha value is -1.11. The third-order valence-corrected chi connectivity index (χ3v) is 3.29. The van der Waals surface area contributed by atoms with Crippen molar-refractivity contribution >= 4 is 22.6 Å². The molecule has 14 heavy (non-hydrogen) atoms. The zero-order valence-electron chi connectivity index (χ0n) is 7.37. The molecule has 2 aromatic rings. The molecule has 0 atom stereocenters. The highest BCUT2D eigenvalue weighted by Crippen LogP contribution is 2.24. The normalized spacial score (nSPS) is 10.4. The lowest BCUT2D eigenvalue weighted by molar-refractivity contribution is 0.526. The first kappa shape index (κ1) is 9.45. The predicted octanol–water partition coefficient (Wildman–Crippen LogP) is 1.94. The molecular formula is C9H7IN2O2. The van der Waals surface area contributed by atoms with Crippen LogP contribution in [-0.4, -0.2) is 10.2 Å². The van der Waals surface area contributed by atoms with Gasteiger partial charge >= 0.3 is 5.76 Å². The zero-order valence-corrected chi connectivity index (χ0v) is 9.53. The fourth-order valence-corrected chi connectivity index (χ4v) is 1.75. The zero-order chi connectivity index (χ0) is 10.1. The number of hydrogen-bond donors (Lipinski definition) is 1. The molecule has 0 aliphatic carbocycles. The number of nitrogens with zero attached hydrogens (tertiary/aromatic N) is 1. The maximum Gasteiger partial charge on any atom is 0.434 e. The monoisotopic (exact) mass is 302 g/mol. The van der Waals surface area contributed by atoms with Crippen LogP contribution in [0, 0.1) is 10.5 Å². The minimum absolute atomic E-state index is 0.336. The quantitative estimate of drug-likeness (QED) is 0.819. The minimum atomic E-state index is -0.530. The summed E-state index contributed by atoms with van der Waals surface area (Å²) < 4.78 is 5.92. The molecule has 0 radical (unpaired) electrons. The van der Waals surface area contributed by atoms with Crippen molar-refractivity contribution in [1.82, 2.24) is 10.2 Å². The van der Waals surface area contributed by atoms with Gasteiger partial charge in [0.25, 0.3) is 0 Å². The smallest absolute Gasteiger partial charge is 0.388 e. The molecule has 1 aromatic carbocycles. The maximum atomic E-state index is 10.8. The summed E-state index contributed by atoms with van der Waals surface area (Å²) in [5.41, 5.74) is 1.97. The molecule has 0 unspecified atom stereocenters. The predicted molar refractivity (Wildman–Crippen MR) is 60.0 cm³/mol. The third-order valence-electron chi connectivity index (χ3n) is 1.86. The van der Waals surface area contributed by atoms with E-state index in [1.54, 1.807) is 0 Å². The summed E-state index contributed by atoms with van der Waals surface area (Å²) >= 11 is 2.20. The number of aryl methyl sites for hydroxylation is 1. The van der Waals surface area contributed by atoms with Crippen molar-refractivity contribution < 1.29 is 4.42 Å². The van der Waals surface area contributed by atoms with Crippen molar-refractivity contribution in [3.05, 3.63) is 37.9 Å². The van der Waals surface area contributed by atoms with Crippen LogP contribution < -0.4 is 5.76 Å². The lowest BCUT2D eigenvalue weighted by atomic mass is 10.1. The third kappa shape index (κ3) is 1.59. The van der Waals surface area contributed by atoms with E-state index in [-0.39, 0.29) is 0 Å². The molecule has 0 amide bonds. The molecule has 72 valence electrons. The summed E-state index contributed by atoms with van der Waals surface area (Å²) in [6.45, 7) is 2.00. The molecule has 0 spiro atoms. The van der Waals surface area contributed by atoms with Gasteiger partial charge in [-0.3, -0.25) is 0 Å². The molecule has 0 aliphatic heterocycles. The van der Waals surface area contributed by atoms with Crippen LogP contribution in [0.1, 0.15) is 5.56 Å². The largest absolute Gasteiger partial charge is 0.434 e. The highest BCUT2D eigenvalue weighted by Gasteiger charge is 2.09. The molecule has 0 fully saturated rings. The van der Waals surface area contributed by atoms with E-state index in [0.717, 1.165) is 14.7 Å². The van der Waals surface area contributed by atoms with Crippen LogP contribution in [-0.2, 0) is 0 Å². The number of aromatic nitrogens is 2. The Labute approximate surface area is 93.5 Å². The van der Waals surface area contributed by atoms with Crippen molar-refractivity contribution in [2.45, 2.75) is 6.92 Å². The average Bonchev–Trinajstić information content (AvgIpc) is 2.57. The Balaban J connectivity index is 2.62. The molecule has 0 saturated heterocycles. The van der Waals surface area contributed by atoms with Crippen molar-refractivity contribution in [2.24, 2.45) is 0 Å². The van der Waals surface area contributed by atoms with Gasteiger partial charge in [0.05, 0.1) is 5.56 Å². The first-order chi connectivity index (χ1) is 6.68. The molecule has 5 heteroatoms. The van der Waals surface area contributed by atoms with Crippen molar-refractivity contribution in [3.8, 4) is 11.5 Å². The summed E-state index contributed by atoms with van der Waals surface area (Å²) in [6, 6.07) is 5.77. The first-order valence-corrected chi connectivity index (χ1v) is 5.07. The van der Waals surface area contributed by atoms with E-state index in [4.69, 9.17) is 4.42 Å². The molecule has 0 aliphatic rings. The highest BCUT2D eigenvalue weighted by atomic mass is 127. The Morgan fingerprint density at radius 1 is 1.50 bits per heavy atom. The Morgan fingerprint density at radius 3 is 2.93 bits per heavy atom. The van der Waals surface area contributed by atoms with Gasteiger partial charge in [-0.2, -0.15) is 0 Å². The van der Waals surface area contributed by atoms with Crippen LogP contribution in [0.3, 0.4) is 0 Å². The number of nitrogens with one attached hydrogen (secondary N) is 1. The number of aromatic amines is 1. The van der Waals surface area contributed by atoms with E-state index in [2.05, 4.69) is 32.8 Å². The Bertz CT molecular complexity index is 516. The summed E-state index contributed by atoms with van der Waals surface area (Å²) in [4.78, 5) is 10.8. The van der Waals surface area contributed by atoms with Gasteiger partial charge in [0.2, 0.25) is 5.89 Å². The molecule has 1 N–H and O–H groups in total. The Kier molecular flexibility index (Phi) is 2.40. The minimum Gasteiger partial charge on any atom is -0.388 e. The van der Waals surface area contributed by atoms with E-state index >= 15 is 0 Å². The number of benzene rings is 1. The van der Waals surface area contributed by atoms with Crippen LogP contribution in [0.4, 0.5) is 0 Å². The summed E-state index contributed by atoms with van der Waals surface area (Å²) in [5, 5.41) is 6.02. The maximum absolute atomic E-state index is 10.8. The van der Waals surface area contributed by atoms with Crippen LogP contribution in [0.2, 0.25) is 0 Å². The van der Waals surface area contributed by atoms with Gasteiger partial charge in [-0.15, -0.1) is 5.10 Å². The lowest BCUT2D eigenvalue weighted by Crippen LogP contribution is -1.93. The highest BCUT2D eigenvalue weighted by molar-refractivity contribution is 14.1. The van der Waals surface area contributed by atoms with E-state index in [0.29, 0.717) is 5.89 Å². The van der Waals surface area contributed by atoms with Crippen LogP contribution in [0.5, 0.6) is 0 Å². The van der Waals surface area contributed by atoms with Gasteiger partial charge in [0.15, 0.2) is 0 Å². The average molecular weight is 302 g/mol. The van der Waals surface area contributed by atoms with E-state index in [9.17, 15) is 4.79 Å². The van der Waals surface area contributed by atoms with Gasteiger partial charge in [0.1, 0.15) is 0 Å². The molecule has 4 nitrogen and oxygen atoms in total. The van der Waals surface area contributed by atoms with Crippen LogP contribution in [0.15, 0.2) is 27.4 Å². The fourth-order valence-electron chi connectivity index (χ4n) is 1.16. The molecule has 0 bridgehead atoms. The summed E-state index contributed by atoms with van der Waals surface area (Å²) in [6.07, 6.45) is 0. The standard InChI is InChI=1S/C9H7IN2O2/c1-5-3-2-4-6(7(5)10)8-11-12-9(13)14-8/h2-4H,1H3,(H,12,13). The summed E-state index contributed by atoms with van der Waals surface area (Å²) in [7, 11) is 0. The van der Waals surface area contributed by atoms with Gasteiger partial charge in [-0.1, -0.05) is 12.1 Å². The van der Waals surface area contributed by atoms with Crippen molar-refractivity contribution in [1.29, 1.82) is 0 Å². The van der Waals surface area contributed by atoms with Crippen LogP contribution in [0.25, 0.3) is 11.5 Å². The number of hydrogen-bond acceptors (Lipinski definition) is 3. The topological polar surface area (TPSA) is 58.9 Å². The van der Waals surface area contributed by atoms with Gasteiger partial charge < -0.3 is 4.42 Å². The van der Waals surface area contributed by atoms with Gasteiger partial charge in [-0.05, 0) is 41.1 Å². The van der Waals surface area contributed by atoms with E-state index in [1.807, 2.05) is 25.1 Å². The molecule has 0 saturated carbocycles. The molecular weight excluding hydrogens is 295 g/mol. The first-order valence-electron chi connectivity index (χ1n) is 3.99. The van der Waals surface area contributed by atoms with Crippen LogP contribution >= 0.6 is 22.6 Å². The van der Waals surface area contributed by atoms with Crippen molar-refractivity contribution in [3.63, 3.8) is 0 Å². The second-order valence-electron chi connectivity index (χ2n) is 2.85. The van der Waals surface area contributed by atoms with Gasteiger partial charge in [-0.25, -0.2) is 9.89 Å². The van der Waals surface area contributed by atoms with Crippen molar-refractivity contribution in [2.75, 3.05) is 0 Å². The molecule has 2 rings (SSSR count). The second kappa shape index (κ2) is 3.56. The summed E-state index contributed by atoms with van der Waals surface area (Å²) in [5.74, 6) is -0.194. The molecule has 1 aromatic heterocycles. The SMILES string of the molecule is Cc1cccc(-c2n[nH]c(=O)o2)c1I. The number of H-pyrrole nitrogens is 1. The number of rotatable bonds is 1. The van der Waals surface area contributed by atoms with E-state index < -0.39 is 5.76 Å². The molecule has 1 heterocycles. The second-order valence-corrected chi connectivity index (χ2v) is 3.93. The van der Waals surface area contributed by atoms with E-state index in [1.165, 1.54) is 0 Å². The Morgan fingerprint density at radius 2 is 2.29 bits per heavy atom. The lowest BCUT2D eigenvalue weighted by Gasteiger charge is -2.01. The fraction of sp³-hybridized carbons (Fsp3) is 0.111.